The van der Waals surface area contributed by atoms with E-state index in [1.54, 1.807) is 11.3 Å². The van der Waals surface area contributed by atoms with Gasteiger partial charge in [0.05, 0.1) is 13.2 Å². The minimum atomic E-state index is 0.218. The van der Waals surface area contributed by atoms with E-state index in [-0.39, 0.29) is 6.04 Å². The van der Waals surface area contributed by atoms with Crippen LogP contribution in [0.1, 0.15) is 11.8 Å². The van der Waals surface area contributed by atoms with Crippen molar-refractivity contribution in [3.63, 3.8) is 0 Å². The number of morpholine rings is 1. The molecule has 1 aliphatic rings. The van der Waals surface area contributed by atoms with E-state index in [4.69, 9.17) is 9.37 Å². The third-order valence-corrected chi connectivity index (χ3v) is 4.78. The van der Waals surface area contributed by atoms with Crippen LogP contribution in [0.15, 0.2) is 22.1 Å². The standard InChI is InChI=1S/C15H18N6O2S/c1-10(9-11-3-2-8-24-11)16-14-15(21-4-6-22-7-5-21)18-13-12(17-14)19-23-20-13/h2-3,8,10H,4-7,9H2,1H3,(H,16,17,19). The van der Waals surface area contributed by atoms with Gasteiger partial charge in [0.15, 0.2) is 11.6 Å². The number of fused-ring (bicyclic) bond motifs is 1. The zero-order chi connectivity index (χ0) is 16.4. The zero-order valence-electron chi connectivity index (χ0n) is 13.3. The molecule has 126 valence electrons. The molecule has 1 unspecified atom stereocenters. The second kappa shape index (κ2) is 6.70. The van der Waals surface area contributed by atoms with Crippen molar-refractivity contribution in [1.29, 1.82) is 0 Å². The molecule has 1 saturated heterocycles. The minimum Gasteiger partial charge on any atom is -0.378 e. The Morgan fingerprint density at radius 3 is 2.79 bits per heavy atom. The maximum absolute atomic E-state index is 5.43. The topological polar surface area (TPSA) is 89.2 Å². The average molecular weight is 346 g/mol. The maximum Gasteiger partial charge on any atom is 0.245 e. The number of hydrogen-bond donors (Lipinski definition) is 1. The third-order valence-electron chi connectivity index (χ3n) is 3.88. The van der Waals surface area contributed by atoms with Gasteiger partial charge in [-0.15, -0.1) is 11.3 Å². The van der Waals surface area contributed by atoms with Crippen molar-refractivity contribution < 1.29 is 9.37 Å². The number of nitrogens with zero attached hydrogens (tertiary/aromatic N) is 5. The van der Waals surface area contributed by atoms with Crippen molar-refractivity contribution in [3.8, 4) is 0 Å². The van der Waals surface area contributed by atoms with E-state index >= 15 is 0 Å². The number of anilines is 2. The summed E-state index contributed by atoms with van der Waals surface area (Å²) in [5, 5.41) is 13.2. The lowest BCUT2D eigenvalue weighted by molar-refractivity contribution is 0.122. The Morgan fingerprint density at radius 1 is 1.25 bits per heavy atom. The molecule has 1 aliphatic heterocycles. The van der Waals surface area contributed by atoms with Crippen LogP contribution in [0.5, 0.6) is 0 Å². The van der Waals surface area contributed by atoms with Crippen LogP contribution >= 0.6 is 11.3 Å². The third kappa shape index (κ3) is 3.17. The van der Waals surface area contributed by atoms with Gasteiger partial charge < -0.3 is 15.0 Å². The van der Waals surface area contributed by atoms with E-state index in [9.17, 15) is 0 Å². The summed E-state index contributed by atoms with van der Waals surface area (Å²) < 4.78 is 10.2. The van der Waals surface area contributed by atoms with E-state index in [0.29, 0.717) is 30.3 Å². The fourth-order valence-electron chi connectivity index (χ4n) is 2.74. The lowest BCUT2D eigenvalue weighted by atomic mass is 10.2. The van der Waals surface area contributed by atoms with Crippen molar-refractivity contribution in [1.82, 2.24) is 20.3 Å². The van der Waals surface area contributed by atoms with Crippen molar-refractivity contribution in [2.75, 3.05) is 36.5 Å². The molecule has 0 amide bonds. The molecule has 4 rings (SSSR count). The Bertz CT molecular complexity index is 800. The molecule has 24 heavy (non-hydrogen) atoms. The van der Waals surface area contributed by atoms with Gasteiger partial charge in [0.2, 0.25) is 11.3 Å². The summed E-state index contributed by atoms with van der Waals surface area (Å²) in [6.45, 7) is 5.05. The molecule has 0 spiro atoms. The van der Waals surface area contributed by atoms with Crippen LogP contribution in [-0.4, -0.2) is 52.6 Å². The Hall–Kier alpha value is -2.26. The molecule has 0 aliphatic carbocycles. The first-order valence-electron chi connectivity index (χ1n) is 7.91. The molecule has 8 nitrogen and oxygen atoms in total. The second-order valence-corrected chi connectivity index (χ2v) is 6.77. The van der Waals surface area contributed by atoms with Gasteiger partial charge in [0.25, 0.3) is 0 Å². The summed E-state index contributed by atoms with van der Waals surface area (Å²) in [5.74, 6) is 1.49. The summed E-state index contributed by atoms with van der Waals surface area (Å²) in [4.78, 5) is 12.6. The summed E-state index contributed by atoms with van der Waals surface area (Å²) >= 11 is 1.76. The van der Waals surface area contributed by atoms with Crippen molar-refractivity contribution in [2.45, 2.75) is 19.4 Å². The quantitative estimate of drug-likeness (QED) is 0.750. The highest BCUT2D eigenvalue weighted by Crippen LogP contribution is 2.26. The van der Waals surface area contributed by atoms with Gasteiger partial charge in [-0.05, 0) is 28.7 Å². The van der Waals surface area contributed by atoms with Gasteiger partial charge in [-0.25, -0.2) is 14.6 Å². The highest BCUT2D eigenvalue weighted by molar-refractivity contribution is 7.09. The van der Waals surface area contributed by atoms with E-state index in [1.165, 1.54) is 4.88 Å². The first-order chi connectivity index (χ1) is 11.8. The number of ether oxygens (including phenoxy) is 1. The molecular weight excluding hydrogens is 328 g/mol. The van der Waals surface area contributed by atoms with Gasteiger partial charge in [0.1, 0.15) is 0 Å². The van der Waals surface area contributed by atoms with E-state index in [2.05, 4.69) is 54.9 Å². The normalized spacial score (nSPS) is 16.5. The number of aromatic nitrogens is 4. The highest BCUT2D eigenvalue weighted by atomic mass is 32.1. The van der Waals surface area contributed by atoms with Crippen LogP contribution in [0.25, 0.3) is 11.3 Å². The van der Waals surface area contributed by atoms with E-state index in [0.717, 1.165) is 25.3 Å². The van der Waals surface area contributed by atoms with Gasteiger partial charge >= 0.3 is 0 Å². The number of nitrogens with one attached hydrogen (secondary N) is 1. The SMILES string of the molecule is CC(Cc1cccs1)Nc1nc2nonc2nc1N1CCOCC1. The van der Waals surface area contributed by atoms with Gasteiger partial charge in [0, 0.05) is 30.4 Å². The Morgan fingerprint density at radius 2 is 2.04 bits per heavy atom. The number of rotatable bonds is 5. The Balaban J connectivity index is 1.61. The Kier molecular flexibility index (Phi) is 4.26. The molecule has 0 bridgehead atoms. The van der Waals surface area contributed by atoms with Crippen molar-refractivity contribution in [2.24, 2.45) is 0 Å². The molecule has 0 aromatic carbocycles. The molecule has 3 aromatic heterocycles. The van der Waals surface area contributed by atoms with Crippen LogP contribution < -0.4 is 10.2 Å². The van der Waals surface area contributed by atoms with Crippen molar-refractivity contribution >= 4 is 34.3 Å². The number of hydrogen-bond acceptors (Lipinski definition) is 9. The predicted molar refractivity (Wildman–Crippen MR) is 91.5 cm³/mol. The molecule has 0 saturated carbocycles. The molecule has 9 heteroatoms. The number of thiophene rings is 1. The van der Waals surface area contributed by atoms with Gasteiger partial charge in [-0.2, -0.15) is 0 Å². The average Bonchev–Trinajstić information content (AvgIpc) is 3.26. The maximum atomic E-state index is 5.43. The first-order valence-corrected chi connectivity index (χ1v) is 8.79. The highest BCUT2D eigenvalue weighted by Gasteiger charge is 2.21. The molecule has 1 fully saturated rings. The van der Waals surface area contributed by atoms with Gasteiger partial charge in [-0.3, -0.25) is 0 Å². The molecule has 1 N–H and O–H groups in total. The smallest absolute Gasteiger partial charge is 0.245 e. The lowest BCUT2D eigenvalue weighted by Gasteiger charge is -2.29. The van der Waals surface area contributed by atoms with Crippen LogP contribution in [0.3, 0.4) is 0 Å². The van der Waals surface area contributed by atoms with Crippen molar-refractivity contribution in [3.05, 3.63) is 22.4 Å². The van der Waals surface area contributed by atoms with E-state index in [1.807, 2.05) is 0 Å². The summed E-state index contributed by atoms with van der Waals surface area (Å²) in [6.07, 6.45) is 0.928. The zero-order valence-corrected chi connectivity index (χ0v) is 14.1. The monoisotopic (exact) mass is 346 g/mol. The first kappa shape index (κ1) is 15.3. The van der Waals surface area contributed by atoms with Gasteiger partial charge in [-0.1, -0.05) is 6.07 Å². The largest absolute Gasteiger partial charge is 0.378 e. The second-order valence-electron chi connectivity index (χ2n) is 5.74. The predicted octanol–water partition coefficient (Wildman–Crippen LogP) is 1.95. The van der Waals surface area contributed by atoms with Crippen LogP contribution in [-0.2, 0) is 11.2 Å². The molecule has 1 atom stereocenters. The fourth-order valence-corrected chi connectivity index (χ4v) is 3.57. The lowest BCUT2D eigenvalue weighted by Crippen LogP contribution is -2.37. The van der Waals surface area contributed by atoms with E-state index < -0.39 is 0 Å². The fraction of sp³-hybridized carbons (Fsp3) is 0.467. The van der Waals surface area contributed by atoms with Crippen LogP contribution in [0, 0.1) is 0 Å². The summed E-state index contributed by atoms with van der Waals surface area (Å²) in [6, 6.07) is 4.43. The molecule has 3 aromatic rings. The Labute approximate surface area is 142 Å². The summed E-state index contributed by atoms with van der Waals surface area (Å²) in [7, 11) is 0. The van der Waals surface area contributed by atoms with Crippen LogP contribution in [0.2, 0.25) is 0 Å². The molecular formula is C15H18N6O2S. The molecule has 4 heterocycles. The van der Waals surface area contributed by atoms with Crippen LogP contribution in [0.4, 0.5) is 11.6 Å². The molecule has 0 radical (unpaired) electrons. The summed E-state index contributed by atoms with van der Waals surface area (Å²) in [5.41, 5.74) is 0.839. The minimum absolute atomic E-state index is 0.218.